The average Bonchev–Trinajstić information content (AvgIpc) is 3.56. The summed E-state index contributed by atoms with van der Waals surface area (Å²) in [7, 11) is 0. The van der Waals surface area contributed by atoms with E-state index in [1.807, 2.05) is 51.2 Å². The highest BCUT2D eigenvalue weighted by Gasteiger charge is 2.31. The van der Waals surface area contributed by atoms with Crippen LogP contribution in [0.3, 0.4) is 0 Å². The van der Waals surface area contributed by atoms with Crippen molar-refractivity contribution in [2.24, 2.45) is 21.8 Å². The number of hydrogen-bond acceptors (Lipinski definition) is 5. The van der Waals surface area contributed by atoms with E-state index >= 15 is 0 Å². The van der Waals surface area contributed by atoms with Gasteiger partial charge in [0.2, 0.25) is 5.96 Å². The lowest BCUT2D eigenvalue weighted by molar-refractivity contribution is 0.158. The van der Waals surface area contributed by atoms with Crippen LogP contribution < -0.4 is 16.4 Å². The zero-order valence-corrected chi connectivity index (χ0v) is 17.6. The Morgan fingerprint density at radius 1 is 1.30 bits per heavy atom. The van der Waals surface area contributed by atoms with E-state index in [9.17, 15) is 4.79 Å². The van der Waals surface area contributed by atoms with Crippen LogP contribution in [-0.4, -0.2) is 35.8 Å². The van der Waals surface area contributed by atoms with Gasteiger partial charge in [0.15, 0.2) is 0 Å². The third kappa shape index (κ3) is 5.34. The first-order valence-corrected chi connectivity index (χ1v) is 10.2. The van der Waals surface area contributed by atoms with Gasteiger partial charge in [0.1, 0.15) is 6.61 Å². The maximum Gasteiger partial charge on any atom is 0.321 e. The van der Waals surface area contributed by atoms with Crippen LogP contribution in [0.1, 0.15) is 37.8 Å². The lowest BCUT2D eigenvalue weighted by atomic mass is 9.95. The number of carbonyl (C=O) groups is 1. The number of aromatic nitrogens is 1. The number of nitrogens with zero attached hydrogens (tertiary/aromatic N) is 3. The molecule has 1 aromatic heterocycles. The molecule has 2 amide bonds. The third-order valence-electron chi connectivity index (χ3n) is 4.64. The van der Waals surface area contributed by atoms with E-state index in [2.05, 4.69) is 25.8 Å². The quantitative estimate of drug-likeness (QED) is 0.370. The van der Waals surface area contributed by atoms with Gasteiger partial charge >= 0.3 is 6.03 Å². The molecule has 0 unspecified atom stereocenters. The van der Waals surface area contributed by atoms with Gasteiger partial charge in [-0.05, 0) is 62.9 Å². The van der Waals surface area contributed by atoms with Crippen LogP contribution in [0.5, 0.6) is 0 Å². The number of oxime groups is 1. The Kier molecular flexibility index (Phi) is 7.00. The van der Waals surface area contributed by atoms with Crippen molar-refractivity contribution in [1.82, 2.24) is 15.6 Å². The molecule has 3 rings (SSSR count). The second-order valence-corrected chi connectivity index (χ2v) is 7.08. The van der Waals surface area contributed by atoms with Gasteiger partial charge in [-0.3, -0.25) is 10.3 Å². The molecule has 0 radical (unpaired) electrons. The van der Waals surface area contributed by atoms with Crippen LogP contribution in [0, 0.1) is 12.8 Å². The monoisotopic (exact) mass is 408 g/mol. The summed E-state index contributed by atoms with van der Waals surface area (Å²) in [5.74, 6) is 0.345. The molecule has 4 N–H and O–H groups in total. The van der Waals surface area contributed by atoms with E-state index < -0.39 is 6.03 Å². The first kappa shape index (κ1) is 21.3. The fourth-order valence-electron chi connectivity index (χ4n) is 3.13. The molecular weight excluding hydrogens is 380 g/mol. The molecule has 8 heteroatoms. The largest absolute Gasteiger partial charge is 0.396 e. The molecule has 0 atom stereocenters. The summed E-state index contributed by atoms with van der Waals surface area (Å²) < 4.78 is 0. The van der Waals surface area contributed by atoms with Crippen molar-refractivity contribution in [3.63, 3.8) is 0 Å². The molecule has 1 saturated carbocycles. The van der Waals surface area contributed by atoms with Gasteiger partial charge in [-0.25, -0.2) is 9.79 Å². The van der Waals surface area contributed by atoms with Crippen molar-refractivity contribution in [1.29, 1.82) is 0 Å². The van der Waals surface area contributed by atoms with Gasteiger partial charge < -0.3 is 15.9 Å². The van der Waals surface area contributed by atoms with E-state index in [-0.39, 0.29) is 5.96 Å². The van der Waals surface area contributed by atoms with Crippen molar-refractivity contribution in [2.45, 2.75) is 33.6 Å². The Hall–Kier alpha value is -3.42. The molecule has 0 saturated heterocycles. The second-order valence-electron chi connectivity index (χ2n) is 7.08. The summed E-state index contributed by atoms with van der Waals surface area (Å²) in [6.45, 7) is 6.68. The first-order chi connectivity index (χ1) is 14.5. The molecule has 8 nitrogen and oxygen atoms in total. The standard InChI is InChI=1S/C22H28N6O2/c1-4-25-22(29)27-21(23)26-19-14(3)11-17(16-7-6-10-24-13-16)12-18(19)20(15-8-9-15)28-30-5-2/h6-7,10-13,15H,4-5,8-9H2,1-3H3,(H4,23,25,26,27,29)/b28-20+. The highest BCUT2D eigenvalue weighted by atomic mass is 16.6. The summed E-state index contributed by atoms with van der Waals surface area (Å²) in [5.41, 5.74) is 11.3. The van der Waals surface area contributed by atoms with E-state index in [4.69, 9.17) is 10.6 Å². The molecule has 1 fully saturated rings. The molecule has 0 aliphatic heterocycles. The van der Waals surface area contributed by atoms with E-state index in [1.54, 1.807) is 6.20 Å². The first-order valence-electron chi connectivity index (χ1n) is 10.2. The minimum absolute atomic E-state index is 0.0194. The van der Waals surface area contributed by atoms with Crippen LogP contribution in [0.4, 0.5) is 10.5 Å². The molecule has 2 aromatic rings. The van der Waals surface area contributed by atoms with Gasteiger partial charge in [-0.2, -0.15) is 0 Å². The van der Waals surface area contributed by atoms with Gasteiger partial charge in [-0.15, -0.1) is 0 Å². The van der Waals surface area contributed by atoms with Crippen molar-refractivity contribution < 1.29 is 9.63 Å². The summed E-state index contributed by atoms with van der Waals surface area (Å²) in [5, 5.41) is 9.59. The highest BCUT2D eigenvalue weighted by molar-refractivity contribution is 6.09. The Bertz CT molecular complexity index is 952. The molecule has 1 aliphatic carbocycles. The number of hydrogen-bond donors (Lipinski definition) is 3. The smallest absolute Gasteiger partial charge is 0.321 e. The molecular formula is C22H28N6O2. The number of amides is 2. The van der Waals surface area contributed by atoms with Crippen LogP contribution in [-0.2, 0) is 4.84 Å². The fourth-order valence-corrected chi connectivity index (χ4v) is 3.13. The van der Waals surface area contributed by atoms with Gasteiger partial charge in [0, 0.05) is 36.0 Å². The van der Waals surface area contributed by atoms with Crippen LogP contribution in [0.2, 0.25) is 0 Å². The maximum absolute atomic E-state index is 11.8. The molecule has 0 spiro atoms. The van der Waals surface area contributed by atoms with Crippen LogP contribution >= 0.6 is 0 Å². The van der Waals surface area contributed by atoms with E-state index in [0.717, 1.165) is 40.8 Å². The van der Waals surface area contributed by atoms with E-state index in [1.165, 1.54) is 0 Å². The molecule has 1 aromatic carbocycles. The summed E-state index contributed by atoms with van der Waals surface area (Å²) in [4.78, 5) is 26.0. The lowest BCUT2D eigenvalue weighted by Gasteiger charge is -2.15. The SMILES string of the molecule is CCNC(=O)NC(N)=Nc1c(C)cc(-c2cccnc2)cc1/C(=N/OCC)C1CC1. The lowest BCUT2D eigenvalue weighted by Crippen LogP contribution is -2.43. The van der Waals surface area contributed by atoms with Gasteiger partial charge in [0.25, 0.3) is 0 Å². The summed E-state index contributed by atoms with van der Waals surface area (Å²) in [6, 6.07) is 7.59. The normalized spacial score (nSPS) is 14.4. The molecule has 1 aliphatic rings. The zero-order valence-electron chi connectivity index (χ0n) is 17.6. The van der Waals surface area contributed by atoms with Gasteiger partial charge in [0.05, 0.1) is 11.4 Å². The number of pyridine rings is 1. The number of nitrogens with one attached hydrogen (secondary N) is 2. The summed E-state index contributed by atoms with van der Waals surface area (Å²) >= 11 is 0. The minimum Gasteiger partial charge on any atom is -0.396 e. The zero-order chi connectivity index (χ0) is 21.5. The minimum atomic E-state index is -0.393. The number of nitrogens with two attached hydrogens (primary N) is 1. The van der Waals surface area contributed by atoms with Crippen molar-refractivity contribution in [3.05, 3.63) is 47.8 Å². The van der Waals surface area contributed by atoms with E-state index in [0.29, 0.717) is 24.8 Å². The van der Waals surface area contributed by atoms with Gasteiger partial charge in [-0.1, -0.05) is 11.2 Å². The topological polar surface area (TPSA) is 114 Å². The highest BCUT2D eigenvalue weighted by Crippen LogP contribution is 2.39. The molecule has 1 heterocycles. The van der Waals surface area contributed by atoms with Crippen molar-refractivity contribution in [2.75, 3.05) is 13.2 Å². The number of aryl methyl sites for hydroxylation is 1. The predicted octanol–water partition coefficient (Wildman–Crippen LogP) is 3.47. The number of aliphatic imine (C=N–C) groups is 1. The Morgan fingerprint density at radius 2 is 2.10 bits per heavy atom. The summed E-state index contributed by atoms with van der Waals surface area (Å²) in [6.07, 6.45) is 5.68. The third-order valence-corrected chi connectivity index (χ3v) is 4.64. The second kappa shape index (κ2) is 9.87. The number of rotatable bonds is 7. The average molecular weight is 409 g/mol. The van der Waals surface area contributed by atoms with Crippen LogP contribution in [0.25, 0.3) is 11.1 Å². The molecule has 30 heavy (non-hydrogen) atoms. The predicted molar refractivity (Wildman–Crippen MR) is 119 cm³/mol. The Balaban J connectivity index is 2.09. The number of urea groups is 1. The van der Waals surface area contributed by atoms with Crippen molar-refractivity contribution >= 4 is 23.4 Å². The number of guanidine groups is 1. The number of carbonyl (C=O) groups excluding carboxylic acids is 1. The Labute approximate surface area is 176 Å². The van der Waals surface area contributed by atoms with Crippen LogP contribution in [0.15, 0.2) is 46.8 Å². The number of benzene rings is 1. The molecule has 158 valence electrons. The van der Waals surface area contributed by atoms with Crippen molar-refractivity contribution in [3.8, 4) is 11.1 Å². The Morgan fingerprint density at radius 3 is 2.73 bits per heavy atom. The molecule has 0 bridgehead atoms. The maximum atomic E-state index is 11.8. The fraction of sp³-hybridized carbons (Fsp3) is 0.364.